The van der Waals surface area contributed by atoms with Crippen LogP contribution in [0.5, 0.6) is 0 Å². The highest BCUT2D eigenvalue weighted by Gasteiger charge is 2.37. The van der Waals surface area contributed by atoms with Gasteiger partial charge < -0.3 is 20.5 Å². The van der Waals surface area contributed by atoms with Crippen LogP contribution >= 0.6 is 0 Å². The second-order valence-corrected chi connectivity index (χ2v) is 5.23. The second-order valence-electron chi connectivity index (χ2n) is 5.23. The summed E-state index contributed by atoms with van der Waals surface area (Å²) in [7, 11) is 1.67. The number of ether oxygens (including phenoxy) is 1. The molecule has 1 saturated carbocycles. The quantitative estimate of drug-likeness (QED) is 0.582. The number of aliphatic carboxylic acids is 1. The van der Waals surface area contributed by atoms with Gasteiger partial charge in [-0.05, 0) is 32.1 Å². The number of carbonyl (C=O) groups is 2. The molecule has 0 saturated heterocycles. The Morgan fingerprint density at radius 3 is 2.53 bits per heavy atom. The number of methoxy groups -OCH3 is 1. The third kappa shape index (κ3) is 5.06. The molecule has 0 aromatic heterocycles. The minimum Gasteiger partial charge on any atom is -0.481 e. The molecule has 1 rings (SSSR count). The lowest BCUT2D eigenvalue weighted by atomic mass is 9.80. The minimum atomic E-state index is -0.795. The summed E-state index contributed by atoms with van der Waals surface area (Å²) in [6, 6.07) is -0.216. The summed E-state index contributed by atoms with van der Waals surface area (Å²) in [4.78, 5) is 22.1. The highest BCUT2D eigenvalue weighted by molar-refractivity contribution is 5.73. The Morgan fingerprint density at radius 2 is 2.05 bits per heavy atom. The summed E-state index contributed by atoms with van der Waals surface area (Å²) in [5.41, 5.74) is -0.171. The third-order valence-corrected chi connectivity index (χ3v) is 3.79. The first kappa shape index (κ1) is 15.8. The first-order chi connectivity index (χ1) is 8.99. The molecule has 0 aliphatic heterocycles. The number of carbonyl (C=O) groups excluding carboxylic acids is 1. The van der Waals surface area contributed by atoms with Gasteiger partial charge in [0.1, 0.15) is 0 Å². The number of hydrogen-bond donors (Lipinski definition) is 3. The van der Waals surface area contributed by atoms with E-state index in [2.05, 4.69) is 10.6 Å². The highest BCUT2D eigenvalue weighted by atomic mass is 16.5. The topological polar surface area (TPSA) is 87.7 Å². The fourth-order valence-corrected chi connectivity index (χ4v) is 2.06. The molecule has 0 heterocycles. The summed E-state index contributed by atoms with van der Waals surface area (Å²) < 4.78 is 5.40. The SMILES string of the molecule is COC1(CNC(=O)NCCCC(C)C(=O)O)CCC1. The predicted octanol–water partition coefficient (Wildman–Crippen LogP) is 1.36. The van der Waals surface area contributed by atoms with E-state index < -0.39 is 5.97 Å². The van der Waals surface area contributed by atoms with Crippen molar-refractivity contribution >= 4 is 12.0 Å². The van der Waals surface area contributed by atoms with Gasteiger partial charge in [0.2, 0.25) is 0 Å². The van der Waals surface area contributed by atoms with Crippen molar-refractivity contribution in [2.45, 2.75) is 44.6 Å². The molecule has 3 N–H and O–H groups in total. The number of rotatable bonds is 8. The van der Waals surface area contributed by atoms with Gasteiger partial charge in [0.25, 0.3) is 0 Å². The normalized spacial score (nSPS) is 18.2. The largest absolute Gasteiger partial charge is 0.481 e. The van der Waals surface area contributed by atoms with Crippen molar-refractivity contribution < 1.29 is 19.4 Å². The van der Waals surface area contributed by atoms with Gasteiger partial charge in [-0.1, -0.05) is 6.92 Å². The lowest BCUT2D eigenvalue weighted by molar-refractivity contribution is -0.141. The van der Waals surface area contributed by atoms with Crippen LogP contribution in [0.1, 0.15) is 39.0 Å². The van der Waals surface area contributed by atoms with Gasteiger partial charge in [-0.25, -0.2) is 4.79 Å². The molecule has 6 heteroatoms. The van der Waals surface area contributed by atoms with Crippen LogP contribution < -0.4 is 10.6 Å². The fraction of sp³-hybridized carbons (Fsp3) is 0.846. The van der Waals surface area contributed by atoms with Crippen LogP contribution in [0.3, 0.4) is 0 Å². The summed E-state index contributed by atoms with van der Waals surface area (Å²) >= 11 is 0. The first-order valence-corrected chi connectivity index (χ1v) is 6.79. The molecular formula is C13H24N2O4. The Hall–Kier alpha value is -1.30. The number of nitrogens with one attached hydrogen (secondary N) is 2. The van der Waals surface area contributed by atoms with Gasteiger partial charge in [0.05, 0.1) is 11.5 Å². The smallest absolute Gasteiger partial charge is 0.314 e. The molecule has 2 amide bonds. The Bertz CT molecular complexity index is 310. The molecule has 0 aromatic rings. The van der Waals surface area contributed by atoms with E-state index in [4.69, 9.17) is 9.84 Å². The lowest BCUT2D eigenvalue weighted by Crippen LogP contribution is -2.51. The highest BCUT2D eigenvalue weighted by Crippen LogP contribution is 2.34. The number of carboxylic acid groups (broad SMARTS) is 1. The monoisotopic (exact) mass is 272 g/mol. The summed E-state index contributed by atoms with van der Waals surface area (Å²) in [6.07, 6.45) is 4.35. The van der Waals surface area contributed by atoms with E-state index in [0.717, 1.165) is 19.3 Å². The van der Waals surface area contributed by atoms with Crippen LogP contribution in [0, 0.1) is 5.92 Å². The van der Waals surface area contributed by atoms with Crippen LogP contribution in [0.25, 0.3) is 0 Å². The number of amides is 2. The zero-order chi connectivity index (χ0) is 14.3. The molecule has 1 fully saturated rings. The average Bonchev–Trinajstić information content (AvgIpc) is 2.33. The molecule has 19 heavy (non-hydrogen) atoms. The van der Waals surface area contributed by atoms with Crippen LogP contribution in [0.4, 0.5) is 4.79 Å². The van der Waals surface area contributed by atoms with Gasteiger partial charge >= 0.3 is 12.0 Å². The summed E-state index contributed by atoms with van der Waals surface area (Å²) in [5, 5.41) is 14.2. The minimum absolute atomic E-state index is 0.171. The first-order valence-electron chi connectivity index (χ1n) is 6.79. The Morgan fingerprint density at radius 1 is 1.37 bits per heavy atom. The molecule has 0 radical (unpaired) electrons. The number of hydrogen-bond acceptors (Lipinski definition) is 3. The molecule has 110 valence electrons. The Kier molecular flexibility index (Phi) is 6.08. The molecule has 0 spiro atoms. The maximum atomic E-state index is 11.5. The van der Waals surface area contributed by atoms with Crippen LogP contribution in [-0.2, 0) is 9.53 Å². The molecule has 1 aliphatic rings. The zero-order valence-corrected chi connectivity index (χ0v) is 11.7. The van der Waals surface area contributed by atoms with E-state index in [0.29, 0.717) is 25.9 Å². The maximum absolute atomic E-state index is 11.5. The van der Waals surface area contributed by atoms with E-state index in [1.807, 2.05) is 0 Å². The van der Waals surface area contributed by atoms with Gasteiger partial charge in [0.15, 0.2) is 0 Å². The van der Waals surface area contributed by atoms with Crippen molar-refractivity contribution in [1.82, 2.24) is 10.6 Å². The van der Waals surface area contributed by atoms with Crippen LogP contribution in [0.15, 0.2) is 0 Å². The third-order valence-electron chi connectivity index (χ3n) is 3.79. The molecule has 0 aromatic carbocycles. The molecular weight excluding hydrogens is 248 g/mol. The van der Waals surface area contributed by atoms with Crippen molar-refractivity contribution in [3.63, 3.8) is 0 Å². The van der Waals surface area contributed by atoms with E-state index in [9.17, 15) is 9.59 Å². The van der Waals surface area contributed by atoms with Gasteiger partial charge in [-0.2, -0.15) is 0 Å². The van der Waals surface area contributed by atoms with Gasteiger partial charge in [0, 0.05) is 20.2 Å². The average molecular weight is 272 g/mol. The van der Waals surface area contributed by atoms with Gasteiger partial charge in [-0.3, -0.25) is 4.79 Å². The standard InChI is InChI=1S/C13H24N2O4/c1-10(11(16)17)5-3-8-14-12(18)15-9-13(19-2)6-4-7-13/h10H,3-9H2,1-2H3,(H,16,17)(H2,14,15,18). The number of carboxylic acids is 1. The van der Waals surface area contributed by atoms with E-state index >= 15 is 0 Å². The van der Waals surface area contributed by atoms with Crippen molar-refractivity contribution in [3.05, 3.63) is 0 Å². The molecule has 6 nitrogen and oxygen atoms in total. The van der Waals surface area contributed by atoms with Crippen molar-refractivity contribution in [2.75, 3.05) is 20.2 Å². The van der Waals surface area contributed by atoms with Crippen LogP contribution in [-0.4, -0.2) is 42.9 Å². The number of urea groups is 1. The van der Waals surface area contributed by atoms with E-state index in [1.165, 1.54) is 0 Å². The Balaban J connectivity index is 2.06. The van der Waals surface area contributed by atoms with Crippen molar-refractivity contribution in [3.8, 4) is 0 Å². The zero-order valence-electron chi connectivity index (χ0n) is 11.7. The molecule has 1 unspecified atom stereocenters. The molecule has 0 bridgehead atoms. The lowest BCUT2D eigenvalue weighted by Gasteiger charge is -2.40. The fourth-order valence-electron chi connectivity index (χ4n) is 2.06. The molecule has 1 aliphatic carbocycles. The second kappa shape index (κ2) is 7.33. The predicted molar refractivity (Wildman–Crippen MR) is 71.0 cm³/mol. The van der Waals surface area contributed by atoms with Crippen molar-refractivity contribution in [1.29, 1.82) is 0 Å². The maximum Gasteiger partial charge on any atom is 0.314 e. The summed E-state index contributed by atoms with van der Waals surface area (Å²) in [5.74, 6) is -1.16. The molecule has 1 atom stereocenters. The van der Waals surface area contributed by atoms with Gasteiger partial charge in [-0.15, -0.1) is 0 Å². The van der Waals surface area contributed by atoms with Crippen LogP contribution in [0.2, 0.25) is 0 Å². The Labute approximate surface area is 113 Å². The van der Waals surface area contributed by atoms with Crippen molar-refractivity contribution in [2.24, 2.45) is 5.92 Å². The van der Waals surface area contributed by atoms with E-state index in [1.54, 1.807) is 14.0 Å². The summed E-state index contributed by atoms with van der Waals surface area (Å²) in [6.45, 7) is 2.69. The van der Waals surface area contributed by atoms with E-state index in [-0.39, 0.29) is 17.6 Å².